The Hall–Kier alpha value is -1.73. The molecule has 0 amide bonds. The molecule has 0 saturated heterocycles. The zero-order chi connectivity index (χ0) is 10.8. The molecule has 2 heterocycles. The summed E-state index contributed by atoms with van der Waals surface area (Å²) in [5.74, 6) is 0. The standard InChI is InChI=1S/C8H9N3O4/c12-4-5-1-2-7(15-5)11-8(14)10-6(13)3-9-11/h1-3,5,7,12H,4H2,(H,10,13,14). The monoisotopic (exact) mass is 211 g/mol. The van der Waals surface area contributed by atoms with Crippen LogP contribution in [-0.4, -0.2) is 32.6 Å². The first-order valence-electron chi connectivity index (χ1n) is 4.33. The lowest BCUT2D eigenvalue weighted by Gasteiger charge is -2.12. The van der Waals surface area contributed by atoms with Crippen molar-refractivity contribution in [1.82, 2.24) is 14.8 Å². The lowest BCUT2D eigenvalue weighted by atomic mass is 10.4. The van der Waals surface area contributed by atoms with E-state index in [9.17, 15) is 9.59 Å². The van der Waals surface area contributed by atoms with Gasteiger partial charge in [0, 0.05) is 0 Å². The smallest absolute Gasteiger partial charge is 0.347 e. The molecule has 0 fully saturated rings. The number of aromatic amines is 1. The number of aromatic nitrogens is 3. The van der Waals surface area contributed by atoms with Crippen molar-refractivity contribution in [3.63, 3.8) is 0 Å². The van der Waals surface area contributed by atoms with E-state index in [1.807, 2.05) is 0 Å². The van der Waals surface area contributed by atoms with Crippen LogP contribution >= 0.6 is 0 Å². The summed E-state index contributed by atoms with van der Waals surface area (Å²) >= 11 is 0. The van der Waals surface area contributed by atoms with Crippen LogP contribution in [0.2, 0.25) is 0 Å². The molecule has 2 rings (SSSR count). The number of aliphatic hydroxyl groups is 1. The lowest BCUT2D eigenvalue weighted by Crippen LogP contribution is -2.34. The Balaban J connectivity index is 2.29. The zero-order valence-corrected chi connectivity index (χ0v) is 7.66. The first-order valence-corrected chi connectivity index (χ1v) is 4.33. The highest BCUT2D eigenvalue weighted by molar-refractivity contribution is 4.99. The molecule has 0 bridgehead atoms. The molecule has 2 atom stereocenters. The number of rotatable bonds is 2. The molecule has 1 aliphatic rings. The van der Waals surface area contributed by atoms with Crippen LogP contribution in [0.3, 0.4) is 0 Å². The molecule has 0 radical (unpaired) electrons. The van der Waals surface area contributed by atoms with E-state index in [1.54, 1.807) is 12.2 Å². The van der Waals surface area contributed by atoms with Gasteiger partial charge in [0.1, 0.15) is 12.3 Å². The Kier molecular flexibility index (Phi) is 2.48. The van der Waals surface area contributed by atoms with Gasteiger partial charge in [-0.3, -0.25) is 9.78 Å². The minimum absolute atomic E-state index is 0.162. The Morgan fingerprint density at radius 3 is 2.93 bits per heavy atom. The van der Waals surface area contributed by atoms with Crippen LogP contribution in [-0.2, 0) is 4.74 Å². The Labute approximate surface area is 83.6 Å². The second kappa shape index (κ2) is 3.79. The molecule has 0 spiro atoms. The van der Waals surface area contributed by atoms with E-state index in [0.717, 1.165) is 10.9 Å². The quantitative estimate of drug-likeness (QED) is 0.573. The van der Waals surface area contributed by atoms with E-state index in [-0.39, 0.29) is 6.61 Å². The van der Waals surface area contributed by atoms with Crippen molar-refractivity contribution in [3.05, 3.63) is 39.2 Å². The molecule has 15 heavy (non-hydrogen) atoms. The fourth-order valence-electron chi connectivity index (χ4n) is 1.28. The highest BCUT2D eigenvalue weighted by atomic mass is 16.5. The van der Waals surface area contributed by atoms with Gasteiger partial charge >= 0.3 is 5.69 Å². The highest BCUT2D eigenvalue weighted by Crippen LogP contribution is 2.17. The summed E-state index contributed by atoms with van der Waals surface area (Å²) in [4.78, 5) is 24.1. The molecule has 0 saturated carbocycles. The van der Waals surface area contributed by atoms with Crippen molar-refractivity contribution in [3.8, 4) is 0 Å². The SMILES string of the molecule is O=c1cnn(C2C=CC(CO)O2)c(=O)[nH]1. The molecule has 0 aliphatic carbocycles. The Morgan fingerprint density at radius 1 is 1.53 bits per heavy atom. The fourth-order valence-corrected chi connectivity index (χ4v) is 1.28. The molecule has 1 aromatic rings. The minimum atomic E-state index is -0.675. The van der Waals surface area contributed by atoms with Crippen LogP contribution in [0.15, 0.2) is 27.9 Å². The number of nitrogens with zero attached hydrogens (tertiary/aromatic N) is 2. The van der Waals surface area contributed by atoms with E-state index in [4.69, 9.17) is 9.84 Å². The third kappa shape index (κ3) is 1.88. The number of hydrogen-bond donors (Lipinski definition) is 2. The van der Waals surface area contributed by atoms with E-state index >= 15 is 0 Å². The van der Waals surface area contributed by atoms with E-state index in [1.165, 1.54) is 0 Å². The average Bonchev–Trinajstić information content (AvgIpc) is 2.66. The Morgan fingerprint density at radius 2 is 2.33 bits per heavy atom. The second-order valence-electron chi connectivity index (χ2n) is 3.02. The van der Waals surface area contributed by atoms with Gasteiger partial charge in [0.05, 0.1) is 6.61 Å². The largest absolute Gasteiger partial charge is 0.393 e. The summed E-state index contributed by atoms with van der Waals surface area (Å²) in [5, 5.41) is 12.4. The summed E-state index contributed by atoms with van der Waals surface area (Å²) in [6.07, 6.45) is 3.10. The maximum atomic E-state index is 11.3. The van der Waals surface area contributed by atoms with Crippen LogP contribution in [0.5, 0.6) is 0 Å². The van der Waals surface area contributed by atoms with Crippen LogP contribution in [0.4, 0.5) is 0 Å². The average molecular weight is 211 g/mol. The third-order valence-corrected chi connectivity index (χ3v) is 1.96. The molecule has 2 N–H and O–H groups in total. The number of ether oxygens (including phenoxy) is 1. The summed E-state index contributed by atoms with van der Waals surface area (Å²) in [5.41, 5.74) is -1.20. The van der Waals surface area contributed by atoms with Crippen LogP contribution in [0.25, 0.3) is 0 Å². The number of H-pyrrole nitrogens is 1. The lowest BCUT2D eigenvalue weighted by molar-refractivity contribution is -0.0171. The minimum Gasteiger partial charge on any atom is -0.393 e. The maximum Gasteiger partial charge on any atom is 0.347 e. The number of aliphatic hydroxyl groups excluding tert-OH is 1. The van der Waals surface area contributed by atoms with Crippen molar-refractivity contribution in [2.24, 2.45) is 0 Å². The summed E-state index contributed by atoms with van der Waals surface area (Å²) in [6, 6.07) is 0. The molecular weight excluding hydrogens is 202 g/mol. The molecule has 7 heteroatoms. The first-order chi connectivity index (χ1) is 7.20. The van der Waals surface area contributed by atoms with E-state index in [0.29, 0.717) is 0 Å². The normalized spacial score (nSPS) is 24.6. The molecule has 80 valence electrons. The maximum absolute atomic E-state index is 11.3. The first kappa shape index (κ1) is 9.81. The van der Waals surface area contributed by atoms with Gasteiger partial charge in [-0.25, -0.2) is 4.79 Å². The van der Waals surface area contributed by atoms with Crippen LogP contribution < -0.4 is 11.2 Å². The summed E-state index contributed by atoms with van der Waals surface area (Å²) in [7, 11) is 0. The zero-order valence-electron chi connectivity index (χ0n) is 7.66. The van der Waals surface area contributed by atoms with Crippen LogP contribution in [0, 0.1) is 0 Å². The van der Waals surface area contributed by atoms with Gasteiger partial charge in [0.15, 0.2) is 6.23 Å². The van der Waals surface area contributed by atoms with Gasteiger partial charge in [-0.1, -0.05) is 6.08 Å². The second-order valence-corrected chi connectivity index (χ2v) is 3.02. The molecular formula is C8H9N3O4. The van der Waals surface area contributed by atoms with Gasteiger partial charge < -0.3 is 9.84 Å². The number of hydrogen-bond acceptors (Lipinski definition) is 5. The van der Waals surface area contributed by atoms with E-state index < -0.39 is 23.6 Å². The fraction of sp³-hybridized carbons (Fsp3) is 0.375. The summed E-state index contributed by atoms with van der Waals surface area (Å²) in [6.45, 7) is -0.162. The van der Waals surface area contributed by atoms with Gasteiger partial charge in [-0.2, -0.15) is 9.78 Å². The predicted molar refractivity (Wildman–Crippen MR) is 49.3 cm³/mol. The Bertz CT molecular complexity index is 489. The molecule has 1 aromatic heterocycles. The van der Waals surface area contributed by atoms with Crippen molar-refractivity contribution in [1.29, 1.82) is 0 Å². The number of nitrogens with one attached hydrogen (secondary N) is 1. The van der Waals surface area contributed by atoms with E-state index in [2.05, 4.69) is 10.1 Å². The highest BCUT2D eigenvalue weighted by Gasteiger charge is 2.21. The molecule has 7 nitrogen and oxygen atoms in total. The topological polar surface area (TPSA) is 97.2 Å². The molecule has 0 aromatic carbocycles. The van der Waals surface area contributed by atoms with Crippen molar-refractivity contribution >= 4 is 0 Å². The van der Waals surface area contributed by atoms with Gasteiger partial charge in [-0.15, -0.1) is 0 Å². The molecule has 1 aliphatic heterocycles. The van der Waals surface area contributed by atoms with Crippen LogP contribution in [0.1, 0.15) is 6.23 Å². The van der Waals surface area contributed by atoms with Gasteiger partial charge in [0.25, 0.3) is 5.56 Å². The van der Waals surface area contributed by atoms with Crippen molar-refractivity contribution in [2.45, 2.75) is 12.3 Å². The van der Waals surface area contributed by atoms with Gasteiger partial charge in [-0.05, 0) is 6.08 Å². The van der Waals surface area contributed by atoms with Crippen molar-refractivity contribution in [2.75, 3.05) is 6.61 Å². The summed E-state index contributed by atoms with van der Waals surface area (Å²) < 4.78 is 6.23. The van der Waals surface area contributed by atoms with Crippen molar-refractivity contribution < 1.29 is 9.84 Å². The molecule has 2 unspecified atom stereocenters. The predicted octanol–water partition coefficient (Wildman–Crippen LogP) is -1.62. The third-order valence-electron chi connectivity index (χ3n) is 1.96. The van der Waals surface area contributed by atoms with Gasteiger partial charge in [0.2, 0.25) is 0 Å².